The van der Waals surface area contributed by atoms with Crippen molar-refractivity contribution in [3.8, 4) is 0 Å². The first-order chi connectivity index (χ1) is 11.9. The molecule has 2 aromatic rings. The highest BCUT2D eigenvalue weighted by atomic mass is 32.2. The Balaban J connectivity index is 1.94. The highest BCUT2D eigenvalue weighted by Gasteiger charge is 2.38. The molecule has 0 aromatic heterocycles. The molecule has 7 heteroatoms. The lowest BCUT2D eigenvalue weighted by atomic mass is 10.2. The molecule has 1 atom stereocenters. The van der Waals surface area contributed by atoms with Crippen LogP contribution in [0.15, 0.2) is 59.5 Å². The van der Waals surface area contributed by atoms with Crippen molar-refractivity contribution in [2.75, 3.05) is 0 Å². The normalized spacial score (nSPS) is 15.9. The van der Waals surface area contributed by atoms with Crippen molar-refractivity contribution >= 4 is 15.7 Å². The van der Waals surface area contributed by atoms with Gasteiger partial charge in [-0.05, 0) is 43.4 Å². The monoisotopic (exact) mass is 360 g/mol. The van der Waals surface area contributed by atoms with Crippen molar-refractivity contribution in [1.29, 1.82) is 0 Å². The van der Waals surface area contributed by atoms with Crippen molar-refractivity contribution in [3.05, 3.63) is 70.3 Å². The van der Waals surface area contributed by atoms with Crippen molar-refractivity contribution in [2.24, 2.45) is 5.92 Å². The van der Waals surface area contributed by atoms with E-state index in [1.54, 1.807) is 0 Å². The summed E-state index contributed by atoms with van der Waals surface area (Å²) >= 11 is 0. The fraction of sp³-hybridized carbons (Fsp3) is 0.333. The minimum atomic E-state index is -3.74. The van der Waals surface area contributed by atoms with Gasteiger partial charge in [0.2, 0.25) is 10.0 Å². The van der Waals surface area contributed by atoms with E-state index in [1.165, 1.54) is 28.6 Å². The number of hydrogen-bond donors (Lipinski definition) is 0. The number of benzene rings is 2. The predicted octanol–water partition coefficient (Wildman–Crippen LogP) is 3.58. The number of hydrogen-bond acceptors (Lipinski definition) is 4. The first-order valence-corrected chi connectivity index (χ1v) is 9.64. The van der Waals surface area contributed by atoms with Crippen LogP contribution in [0.5, 0.6) is 0 Å². The molecule has 0 unspecified atom stereocenters. The van der Waals surface area contributed by atoms with Gasteiger partial charge in [0, 0.05) is 24.7 Å². The molecule has 0 amide bonds. The molecule has 0 heterocycles. The Morgan fingerprint density at radius 3 is 2.24 bits per heavy atom. The van der Waals surface area contributed by atoms with Gasteiger partial charge >= 0.3 is 0 Å². The van der Waals surface area contributed by atoms with Crippen LogP contribution in [0.3, 0.4) is 0 Å². The summed E-state index contributed by atoms with van der Waals surface area (Å²) in [6, 6.07) is 14.4. The molecule has 0 radical (unpaired) electrons. The smallest absolute Gasteiger partial charge is 0.258 e. The summed E-state index contributed by atoms with van der Waals surface area (Å²) in [4.78, 5) is 10.3. The zero-order chi connectivity index (χ0) is 18.0. The number of sulfonamides is 1. The van der Waals surface area contributed by atoms with E-state index in [9.17, 15) is 18.5 Å². The molecule has 0 spiro atoms. The van der Waals surface area contributed by atoms with Gasteiger partial charge < -0.3 is 0 Å². The largest absolute Gasteiger partial charge is 0.269 e. The van der Waals surface area contributed by atoms with Gasteiger partial charge in [-0.1, -0.05) is 30.3 Å². The number of nitrogens with zero attached hydrogens (tertiary/aromatic N) is 2. The van der Waals surface area contributed by atoms with Crippen LogP contribution in [0.1, 0.15) is 25.3 Å². The van der Waals surface area contributed by atoms with Gasteiger partial charge in [-0.3, -0.25) is 10.1 Å². The number of nitro benzene ring substituents is 1. The summed E-state index contributed by atoms with van der Waals surface area (Å²) in [5.74, 6) is 0.372. The minimum Gasteiger partial charge on any atom is -0.258 e. The van der Waals surface area contributed by atoms with Gasteiger partial charge in [0.05, 0.1) is 9.82 Å². The highest BCUT2D eigenvalue weighted by molar-refractivity contribution is 7.89. The number of nitro groups is 1. The lowest BCUT2D eigenvalue weighted by Crippen LogP contribution is -2.39. The van der Waals surface area contributed by atoms with E-state index in [4.69, 9.17) is 0 Å². The van der Waals surface area contributed by atoms with Crippen molar-refractivity contribution in [3.63, 3.8) is 0 Å². The zero-order valence-corrected chi connectivity index (χ0v) is 14.7. The lowest BCUT2D eigenvalue weighted by molar-refractivity contribution is -0.384. The third kappa shape index (κ3) is 3.88. The Hall–Kier alpha value is -2.25. The Kier molecular flexibility index (Phi) is 4.87. The number of non-ortho nitro benzene ring substituents is 1. The molecular formula is C18H20N2O4S. The summed E-state index contributed by atoms with van der Waals surface area (Å²) in [5.41, 5.74) is 0.796. The van der Waals surface area contributed by atoms with Gasteiger partial charge in [0.25, 0.3) is 5.69 Å². The fourth-order valence-electron chi connectivity index (χ4n) is 2.90. The van der Waals surface area contributed by atoms with Gasteiger partial charge in [-0.15, -0.1) is 0 Å². The molecule has 1 aliphatic rings. The van der Waals surface area contributed by atoms with Gasteiger partial charge in [-0.25, -0.2) is 8.42 Å². The standard InChI is InChI=1S/C18H20N2O4S/c1-14(16-7-8-16)19(13-15-5-3-2-4-6-15)25(23,24)18-11-9-17(10-12-18)20(21)22/h2-6,9-12,14,16H,7-8,13H2,1H3/t14-/m1/s1. The van der Waals surface area contributed by atoms with E-state index in [0.717, 1.165) is 18.4 Å². The topological polar surface area (TPSA) is 80.5 Å². The molecule has 25 heavy (non-hydrogen) atoms. The molecule has 132 valence electrons. The molecule has 0 saturated heterocycles. The average Bonchev–Trinajstić information content (AvgIpc) is 3.45. The summed E-state index contributed by atoms with van der Waals surface area (Å²) in [6.07, 6.45) is 2.06. The Morgan fingerprint density at radius 1 is 1.12 bits per heavy atom. The predicted molar refractivity (Wildman–Crippen MR) is 94.5 cm³/mol. The van der Waals surface area contributed by atoms with Gasteiger partial charge in [-0.2, -0.15) is 4.31 Å². The third-order valence-electron chi connectivity index (χ3n) is 4.59. The quantitative estimate of drug-likeness (QED) is 0.558. The zero-order valence-electron chi connectivity index (χ0n) is 13.9. The Bertz CT molecular complexity index is 846. The fourth-order valence-corrected chi connectivity index (χ4v) is 4.58. The first kappa shape index (κ1) is 17.6. The second-order valence-corrected chi connectivity index (χ2v) is 8.26. The van der Waals surface area contributed by atoms with E-state index in [-0.39, 0.29) is 23.2 Å². The van der Waals surface area contributed by atoms with E-state index < -0.39 is 14.9 Å². The molecule has 0 aliphatic heterocycles. The lowest BCUT2D eigenvalue weighted by Gasteiger charge is -2.28. The van der Waals surface area contributed by atoms with Crippen LogP contribution >= 0.6 is 0 Å². The van der Waals surface area contributed by atoms with E-state index in [1.807, 2.05) is 37.3 Å². The second-order valence-electron chi connectivity index (χ2n) is 6.36. The average molecular weight is 360 g/mol. The highest BCUT2D eigenvalue weighted by Crippen LogP contribution is 2.38. The third-order valence-corrected chi connectivity index (χ3v) is 6.54. The summed E-state index contributed by atoms with van der Waals surface area (Å²) in [6.45, 7) is 2.22. The maximum Gasteiger partial charge on any atom is 0.269 e. The molecule has 0 N–H and O–H groups in total. The molecule has 1 fully saturated rings. The summed E-state index contributed by atoms with van der Waals surface area (Å²) in [7, 11) is -3.74. The van der Waals surface area contributed by atoms with Crippen LogP contribution in [0.2, 0.25) is 0 Å². The summed E-state index contributed by atoms with van der Waals surface area (Å²) in [5, 5.41) is 10.8. The summed E-state index contributed by atoms with van der Waals surface area (Å²) < 4.78 is 27.8. The van der Waals surface area contributed by atoms with Crippen LogP contribution in [0, 0.1) is 16.0 Å². The van der Waals surface area contributed by atoms with Crippen LogP contribution < -0.4 is 0 Å². The van der Waals surface area contributed by atoms with E-state index in [0.29, 0.717) is 5.92 Å². The second kappa shape index (κ2) is 6.93. The Morgan fingerprint density at radius 2 is 1.72 bits per heavy atom. The number of rotatable bonds is 7. The van der Waals surface area contributed by atoms with Gasteiger partial charge in [0.1, 0.15) is 0 Å². The van der Waals surface area contributed by atoms with Crippen LogP contribution in [0.4, 0.5) is 5.69 Å². The first-order valence-electron chi connectivity index (χ1n) is 8.20. The van der Waals surface area contributed by atoms with Crippen molar-refractivity contribution in [1.82, 2.24) is 4.31 Å². The van der Waals surface area contributed by atoms with E-state index >= 15 is 0 Å². The minimum absolute atomic E-state index is 0.0848. The van der Waals surface area contributed by atoms with Crippen molar-refractivity contribution in [2.45, 2.75) is 37.2 Å². The molecule has 6 nitrogen and oxygen atoms in total. The molecule has 0 bridgehead atoms. The Labute approximate surface area is 147 Å². The molecule has 3 rings (SSSR count). The molecule has 2 aromatic carbocycles. The van der Waals surface area contributed by atoms with E-state index in [2.05, 4.69) is 0 Å². The SMILES string of the molecule is C[C@H](C1CC1)N(Cc1ccccc1)S(=O)(=O)c1ccc([N+](=O)[O-])cc1. The molecule has 1 aliphatic carbocycles. The van der Waals surface area contributed by atoms with Crippen molar-refractivity contribution < 1.29 is 13.3 Å². The van der Waals surface area contributed by atoms with Crippen LogP contribution in [-0.2, 0) is 16.6 Å². The molecular weight excluding hydrogens is 340 g/mol. The van der Waals surface area contributed by atoms with Crippen LogP contribution in [0.25, 0.3) is 0 Å². The van der Waals surface area contributed by atoms with Gasteiger partial charge in [0.15, 0.2) is 0 Å². The van der Waals surface area contributed by atoms with Crippen LogP contribution in [-0.4, -0.2) is 23.7 Å². The maximum absolute atomic E-state index is 13.1. The maximum atomic E-state index is 13.1. The molecule has 1 saturated carbocycles.